The molecule has 1 aliphatic heterocycles. The number of halogens is 1. The molecule has 1 fully saturated rings. The molecule has 5 atom stereocenters. The van der Waals surface area contributed by atoms with Gasteiger partial charge in [0.2, 0.25) is 0 Å². The lowest BCUT2D eigenvalue weighted by Crippen LogP contribution is -2.42. The van der Waals surface area contributed by atoms with Crippen LogP contribution in [0.4, 0.5) is 4.79 Å². The van der Waals surface area contributed by atoms with E-state index in [0.717, 1.165) is 4.90 Å². The Morgan fingerprint density at radius 2 is 2.10 bits per heavy atom. The van der Waals surface area contributed by atoms with Crippen LogP contribution in [-0.4, -0.2) is 29.6 Å². The standard InChI is InChI=1S/C16H22BrNO2/c1-16(2,3)20-15(19)18-10-4-5-13(11-18)12-6-8-14(17)9-7-12/h6-9,13H,4-5,10-11H2,1-3H3/i4D,5D,6D,7D,8D,9D,10D,11D. The van der Waals surface area contributed by atoms with Gasteiger partial charge in [-0.25, -0.2) is 4.79 Å². The quantitative estimate of drug-likeness (QED) is 0.744. The van der Waals surface area contributed by atoms with Crippen LogP contribution in [0.25, 0.3) is 0 Å². The number of hydrogen-bond acceptors (Lipinski definition) is 2. The number of nitrogens with zero attached hydrogens (tertiary/aromatic N) is 1. The van der Waals surface area contributed by atoms with Gasteiger partial charge in [-0.15, -0.1) is 0 Å². The predicted molar refractivity (Wildman–Crippen MR) is 83.9 cm³/mol. The van der Waals surface area contributed by atoms with E-state index in [-0.39, 0.29) is 22.1 Å². The SMILES string of the molecule is [2H]c1c([2H])c(C2C([2H])C([2H])C([2H])N(C(=O)OC(C)(C)C)C2[2H])c([2H])c([2H])c1Br. The maximum Gasteiger partial charge on any atom is 0.410 e. The second kappa shape index (κ2) is 6.17. The minimum Gasteiger partial charge on any atom is -0.444 e. The molecule has 20 heavy (non-hydrogen) atoms. The molecule has 1 aromatic carbocycles. The molecule has 1 aliphatic rings. The molecular formula is C16H22BrNO2. The Bertz CT molecular complexity index is 758. The van der Waals surface area contributed by atoms with E-state index in [1.807, 2.05) is 0 Å². The first-order valence-corrected chi connectivity index (χ1v) is 6.96. The number of rotatable bonds is 1. The number of hydrogen-bond donors (Lipinski definition) is 0. The van der Waals surface area contributed by atoms with E-state index >= 15 is 0 Å². The van der Waals surface area contributed by atoms with Gasteiger partial charge in [-0.1, -0.05) is 28.0 Å². The van der Waals surface area contributed by atoms with Crippen LogP contribution in [-0.2, 0) is 4.74 Å². The Morgan fingerprint density at radius 3 is 2.70 bits per heavy atom. The highest BCUT2D eigenvalue weighted by atomic mass is 79.9. The average molecular weight is 348 g/mol. The van der Waals surface area contributed by atoms with E-state index in [9.17, 15) is 4.79 Å². The monoisotopic (exact) mass is 347 g/mol. The van der Waals surface area contributed by atoms with E-state index in [4.69, 9.17) is 15.7 Å². The maximum absolute atomic E-state index is 12.6. The summed E-state index contributed by atoms with van der Waals surface area (Å²) in [5.74, 6) is -1.31. The van der Waals surface area contributed by atoms with Gasteiger partial charge in [0.05, 0.1) is 6.85 Å². The molecule has 0 aliphatic carbocycles. The number of carbonyl (C=O) groups excluding carboxylic acids is 1. The van der Waals surface area contributed by atoms with Gasteiger partial charge < -0.3 is 9.64 Å². The molecule has 5 unspecified atom stereocenters. The molecule has 0 radical (unpaired) electrons. The van der Waals surface area contributed by atoms with E-state index in [0.29, 0.717) is 0 Å². The van der Waals surface area contributed by atoms with Crippen LogP contribution in [0.2, 0.25) is 0 Å². The third-order valence-corrected chi connectivity index (χ3v) is 2.83. The van der Waals surface area contributed by atoms with Crippen molar-refractivity contribution in [2.75, 3.05) is 13.0 Å². The van der Waals surface area contributed by atoms with E-state index < -0.39 is 55.5 Å². The first-order chi connectivity index (χ1) is 12.7. The molecular weight excluding hydrogens is 318 g/mol. The van der Waals surface area contributed by atoms with Gasteiger partial charge in [-0.05, 0) is 51.2 Å². The summed E-state index contributed by atoms with van der Waals surface area (Å²) in [5.41, 5.74) is -1.11. The second-order valence-electron chi connectivity index (χ2n) is 5.32. The van der Waals surface area contributed by atoms with Crippen molar-refractivity contribution in [3.8, 4) is 0 Å². The summed E-state index contributed by atoms with van der Waals surface area (Å²) >= 11 is 3.00. The highest BCUT2D eigenvalue weighted by Crippen LogP contribution is 2.28. The summed E-state index contributed by atoms with van der Waals surface area (Å²) in [6, 6.07) is -1.61. The highest BCUT2D eigenvalue weighted by Gasteiger charge is 2.28. The van der Waals surface area contributed by atoms with Gasteiger partial charge in [0.1, 0.15) is 5.60 Å². The number of ether oxygens (including phenoxy) is 1. The zero-order valence-electron chi connectivity index (χ0n) is 19.5. The lowest BCUT2D eigenvalue weighted by Gasteiger charge is -2.34. The van der Waals surface area contributed by atoms with E-state index in [2.05, 4.69) is 15.9 Å². The molecule has 110 valence electrons. The number of carbonyl (C=O) groups is 1. The Balaban J connectivity index is 2.60. The lowest BCUT2D eigenvalue weighted by atomic mass is 9.91. The van der Waals surface area contributed by atoms with Gasteiger partial charge >= 0.3 is 6.09 Å². The van der Waals surface area contributed by atoms with Crippen molar-refractivity contribution in [1.29, 1.82) is 0 Å². The van der Waals surface area contributed by atoms with Crippen LogP contribution >= 0.6 is 15.9 Å². The highest BCUT2D eigenvalue weighted by molar-refractivity contribution is 9.10. The van der Waals surface area contributed by atoms with Crippen molar-refractivity contribution < 1.29 is 20.5 Å². The Kier molecular flexibility index (Phi) is 2.41. The maximum atomic E-state index is 12.6. The number of likely N-dealkylation sites (tertiary alicyclic amines) is 1. The van der Waals surface area contributed by atoms with Gasteiger partial charge in [0, 0.05) is 27.5 Å². The first-order valence-electron chi connectivity index (χ1n) is 10.5. The van der Waals surface area contributed by atoms with Crippen LogP contribution in [0.15, 0.2) is 28.6 Å². The average Bonchev–Trinajstić information content (AvgIpc) is 2.58. The van der Waals surface area contributed by atoms with Gasteiger partial charge in [0.15, 0.2) is 0 Å². The fourth-order valence-corrected chi connectivity index (χ4v) is 1.81. The van der Waals surface area contributed by atoms with Crippen molar-refractivity contribution in [3.63, 3.8) is 0 Å². The molecule has 0 bridgehead atoms. The zero-order chi connectivity index (χ0) is 21.7. The summed E-state index contributed by atoms with van der Waals surface area (Å²) < 4.78 is 70.6. The predicted octanol–water partition coefficient (Wildman–Crippen LogP) is 4.56. The van der Waals surface area contributed by atoms with Crippen LogP contribution in [0.1, 0.15) is 56.0 Å². The molecule has 0 N–H and O–H groups in total. The van der Waals surface area contributed by atoms with Crippen LogP contribution in [0.5, 0.6) is 0 Å². The minimum absolute atomic E-state index is 0.0464. The Labute approximate surface area is 140 Å². The van der Waals surface area contributed by atoms with Crippen molar-refractivity contribution in [3.05, 3.63) is 34.2 Å². The molecule has 4 heteroatoms. The third kappa shape index (κ3) is 4.23. The largest absolute Gasteiger partial charge is 0.444 e. The van der Waals surface area contributed by atoms with Crippen LogP contribution in [0, 0.1) is 0 Å². The fraction of sp³-hybridized carbons (Fsp3) is 0.562. The van der Waals surface area contributed by atoms with E-state index in [1.165, 1.54) is 0 Å². The number of benzene rings is 1. The summed E-state index contributed by atoms with van der Waals surface area (Å²) in [6.45, 7) is 1.75. The van der Waals surface area contributed by atoms with Gasteiger partial charge in [-0.2, -0.15) is 0 Å². The fourth-order valence-electron chi connectivity index (χ4n) is 1.62. The van der Waals surface area contributed by atoms with E-state index in [1.54, 1.807) is 20.8 Å². The number of amides is 1. The molecule has 0 aromatic heterocycles. The van der Waals surface area contributed by atoms with Crippen molar-refractivity contribution in [2.24, 2.45) is 0 Å². The molecule has 0 spiro atoms. The van der Waals surface area contributed by atoms with Crippen LogP contribution < -0.4 is 0 Å². The van der Waals surface area contributed by atoms with Crippen molar-refractivity contribution >= 4 is 22.0 Å². The molecule has 2 rings (SSSR count). The molecule has 1 heterocycles. The first kappa shape index (κ1) is 7.83. The molecule has 0 saturated carbocycles. The van der Waals surface area contributed by atoms with Crippen LogP contribution in [0.3, 0.4) is 0 Å². The Morgan fingerprint density at radius 1 is 1.45 bits per heavy atom. The second-order valence-corrected chi connectivity index (χ2v) is 6.12. The summed E-state index contributed by atoms with van der Waals surface area (Å²) in [5, 5.41) is 0. The topological polar surface area (TPSA) is 29.5 Å². The van der Waals surface area contributed by atoms with Gasteiger partial charge in [-0.3, -0.25) is 0 Å². The summed E-state index contributed by atoms with van der Waals surface area (Å²) in [6.07, 6.45) is -3.82. The van der Waals surface area contributed by atoms with Crippen molar-refractivity contribution in [2.45, 2.75) is 45.1 Å². The molecule has 1 amide bonds. The summed E-state index contributed by atoms with van der Waals surface area (Å²) in [7, 11) is 0. The molecule has 1 aromatic rings. The third-order valence-electron chi connectivity index (χ3n) is 2.44. The molecule has 3 nitrogen and oxygen atoms in total. The normalized spacial score (nSPS) is 40.2. The van der Waals surface area contributed by atoms with Crippen molar-refractivity contribution in [1.82, 2.24) is 4.90 Å². The molecule has 1 saturated heterocycles. The Hall–Kier alpha value is -1.03. The lowest BCUT2D eigenvalue weighted by molar-refractivity contribution is 0.0198. The summed E-state index contributed by atoms with van der Waals surface area (Å²) in [4.78, 5) is 13.3. The number of piperidine rings is 1. The smallest absolute Gasteiger partial charge is 0.410 e. The minimum atomic E-state index is -1.57. The zero-order valence-corrected chi connectivity index (χ0v) is 13.1. The van der Waals surface area contributed by atoms with Gasteiger partial charge in [0.25, 0.3) is 0 Å².